The Morgan fingerprint density at radius 3 is 2.64 bits per heavy atom. The molecule has 0 fully saturated rings. The molecule has 0 radical (unpaired) electrons. The van der Waals surface area contributed by atoms with Gasteiger partial charge in [-0.25, -0.2) is 4.39 Å². The summed E-state index contributed by atoms with van der Waals surface area (Å²) in [6.45, 7) is 4.08. The Labute approximate surface area is 148 Å². The summed E-state index contributed by atoms with van der Waals surface area (Å²) in [4.78, 5) is 14.4. The molecular formula is C20H25FN2O2. The van der Waals surface area contributed by atoms with Crippen molar-refractivity contribution in [2.24, 2.45) is 0 Å². The van der Waals surface area contributed by atoms with E-state index in [0.717, 1.165) is 11.3 Å². The third kappa shape index (κ3) is 5.21. The molecule has 0 saturated carbocycles. The van der Waals surface area contributed by atoms with Gasteiger partial charge >= 0.3 is 0 Å². The molecule has 1 N–H and O–H groups in total. The number of carbonyl (C=O) groups excluding carboxylic acids is 1. The van der Waals surface area contributed by atoms with E-state index in [0.29, 0.717) is 24.3 Å². The summed E-state index contributed by atoms with van der Waals surface area (Å²) >= 11 is 0. The quantitative estimate of drug-likeness (QED) is 0.833. The average Bonchev–Trinajstić information content (AvgIpc) is 2.59. The minimum Gasteiger partial charge on any atom is -0.480 e. The number of halogens is 1. The summed E-state index contributed by atoms with van der Waals surface area (Å²) in [6, 6.07) is 12.3. The maximum atomic E-state index is 13.2. The number of benzene rings is 2. The second-order valence-electron chi connectivity index (χ2n) is 6.21. The highest BCUT2D eigenvalue weighted by Gasteiger charge is 2.19. The van der Waals surface area contributed by atoms with E-state index < -0.39 is 6.10 Å². The standard InChI is InChI=1S/C20H25FN2O2/c1-5-18(25-19-10-9-16(21)11-14(19)2)20(24)22-13-15-7-6-8-17(12-15)23(3)4/h6-12,18H,5,13H2,1-4H3,(H,22,24). The lowest BCUT2D eigenvalue weighted by Gasteiger charge is -2.19. The Morgan fingerprint density at radius 1 is 1.24 bits per heavy atom. The third-order valence-electron chi connectivity index (χ3n) is 3.96. The molecular weight excluding hydrogens is 319 g/mol. The van der Waals surface area contributed by atoms with Gasteiger partial charge in [0.05, 0.1) is 0 Å². The molecule has 1 amide bonds. The van der Waals surface area contributed by atoms with Crippen LogP contribution in [0, 0.1) is 12.7 Å². The van der Waals surface area contributed by atoms with Gasteiger partial charge in [0.2, 0.25) is 0 Å². The van der Waals surface area contributed by atoms with E-state index >= 15 is 0 Å². The normalized spacial score (nSPS) is 11.7. The Balaban J connectivity index is 1.99. The lowest BCUT2D eigenvalue weighted by molar-refractivity contribution is -0.128. The van der Waals surface area contributed by atoms with Gasteiger partial charge in [-0.2, -0.15) is 0 Å². The molecule has 1 unspecified atom stereocenters. The van der Waals surface area contributed by atoms with Crippen molar-refractivity contribution in [1.29, 1.82) is 0 Å². The summed E-state index contributed by atoms with van der Waals surface area (Å²) in [5.41, 5.74) is 2.77. The van der Waals surface area contributed by atoms with E-state index in [2.05, 4.69) is 5.32 Å². The van der Waals surface area contributed by atoms with Crippen LogP contribution in [-0.2, 0) is 11.3 Å². The third-order valence-corrected chi connectivity index (χ3v) is 3.96. The maximum absolute atomic E-state index is 13.2. The van der Waals surface area contributed by atoms with E-state index in [4.69, 9.17) is 4.74 Å². The van der Waals surface area contributed by atoms with E-state index in [1.807, 2.05) is 50.2 Å². The van der Waals surface area contributed by atoms with Crippen molar-refractivity contribution in [3.63, 3.8) is 0 Å². The molecule has 1 atom stereocenters. The molecule has 0 aromatic heterocycles. The number of ether oxygens (including phenoxy) is 1. The summed E-state index contributed by atoms with van der Waals surface area (Å²) in [5, 5.41) is 2.91. The van der Waals surface area contributed by atoms with Gasteiger partial charge in [0.15, 0.2) is 6.10 Å². The van der Waals surface area contributed by atoms with Crippen molar-refractivity contribution >= 4 is 11.6 Å². The first kappa shape index (κ1) is 18.8. The molecule has 4 nitrogen and oxygen atoms in total. The smallest absolute Gasteiger partial charge is 0.261 e. The fourth-order valence-electron chi connectivity index (χ4n) is 2.47. The predicted octanol–water partition coefficient (Wildman–Crippen LogP) is 3.67. The van der Waals surface area contributed by atoms with Crippen LogP contribution in [0.1, 0.15) is 24.5 Å². The van der Waals surface area contributed by atoms with E-state index in [1.165, 1.54) is 12.1 Å². The number of amides is 1. The predicted molar refractivity (Wildman–Crippen MR) is 98.5 cm³/mol. The molecule has 2 rings (SSSR count). The number of carbonyl (C=O) groups is 1. The highest BCUT2D eigenvalue weighted by Crippen LogP contribution is 2.21. The van der Waals surface area contributed by atoms with Crippen LogP contribution in [0.3, 0.4) is 0 Å². The largest absolute Gasteiger partial charge is 0.480 e. The summed E-state index contributed by atoms with van der Waals surface area (Å²) in [6.07, 6.45) is -0.0818. The maximum Gasteiger partial charge on any atom is 0.261 e. The number of rotatable bonds is 7. The van der Waals surface area contributed by atoms with Crippen LogP contribution in [0.15, 0.2) is 42.5 Å². The van der Waals surface area contributed by atoms with E-state index in [-0.39, 0.29) is 11.7 Å². The molecule has 0 spiro atoms. The van der Waals surface area contributed by atoms with Gasteiger partial charge in [0, 0.05) is 26.3 Å². The average molecular weight is 344 g/mol. The van der Waals surface area contributed by atoms with Gasteiger partial charge in [0.25, 0.3) is 5.91 Å². The van der Waals surface area contributed by atoms with Crippen molar-refractivity contribution in [3.05, 3.63) is 59.4 Å². The molecule has 0 heterocycles. The van der Waals surface area contributed by atoms with Gasteiger partial charge in [-0.15, -0.1) is 0 Å². The second kappa shape index (κ2) is 8.51. The van der Waals surface area contributed by atoms with Gasteiger partial charge in [0.1, 0.15) is 11.6 Å². The SMILES string of the molecule is CCC(Oc1ccc(F)cc1C)C(=O)NCc1cccc(N(C)C)c1. The van der Waals surface area contributed by atoms with Crippen LogP contribution in [-0.4, -0.2) is 26.1 Å². The number of hydrogen-bond acceptors (Lipinski definition) is 3. The zero-order valence-corrected chi connectivity index (χ0v) is 15.2. The molecule has 0 bridgehead atoms. The first-order chi connectivity index (χ1) is 11.9. The molecule has 5 heteroatoms. The molecule has 25 heavy (non-hydrogen) atoms. The molecule has 0 aliphatic heterocycles. The summed E-state index contributed by atoms with van der Waals surface area (Å²) in [5.74, 6) is 0.0302. The minimum absolute atomic E-state index is 0.179. The van der Waals surface area contributed by atoms with Crippen LogP contribution >= 0.6 is 0 Å². The first-order valence-electron chi connectivity index (χ1n) is 8.37. The van der Waals surface area contributed by atoms with Crippen molar-refractivity contribution in [1.82, 2.24) is 5.32 Å². The van der Waals surface area contributed by atoms with Crippen LogP contribution in [0.4, 0.5) is 10.1 Å². The Bertz CT molecular complexity index is 731. The highest BCUT2D eigenvalue weighted by atomic mass is 19.1. The van der Waals surface area contributed by atoms with Gasteiger partial charge in [-0.05, 0) is 54.8 Å². The zero-order valence-electron chi connectivity index (χ0n) is 15.2. The summed E-state index contributed by atoms with van der Waals surface area (Å²) < 4.78 is 19.0. The summed E-state index contributed by atoms with van der Waals surface area (Å²) in [7, 11) is 3.95. The lowest BCUT2D eigenvalue weighted by atomic mass is 10.1. The van der Waals surface area contributed by atoms with Crippen molar-refractivity contribution in [2.75, 3.05) is 19.0 Å². The van der Waals surface area contributed by atoms with Gasteiger partial charge in [-0.3, -0.25) is 4.79 Å². The topological polar surface area (TPSA) is 41.6 Å². The molecule has 0 saturated heterocycles. The Morgan fingerprint density at radius 2 is 2.00 bits per heavy atom. The fourth-order valence-corrected chi connectivity index (χ4v) is 2.47. The van der Waals surface area contributed by atoms with Crippen LogP contribution in [0.25, 0.3) is 0 Å². The number of aryl methyl sites for hydroxylation is 1. The molecule has 2 aromatic carbocycles. The number of hydrogen-bond donors (Lipinski definition) is 1. The second-order valence-corrected chi connectivity index (χ2v) is 6.21. The molecule has 134 valence electrons. The number of nitrogens with zero attached hydrogens (tertiary/aromatic N) is 1. The van der Waals surface area contributed by atoms with Crippen LogP contribution < -0.4 is 15.0 Å². The zero-order chi connectivity index (χ0) is 18.4. The van der Waals surface area contributed by atoms with E-state index in [9.17, 15) is 9.18 Å². The van der Waals surface area contributed by atoms with Crippen LogP contribution in [0.2, 0.25) is 0 Å². The van der Waals surface area contributed by atoms with Crippen LogP contribution in [0.5, 0.6) is 5.75 Å². The molecule has 2 aromatic rings. The van der Waals surface area contributed by atoms with E-state index in [1.54, 1.807) is 13.0 Å². The van der Waals surface area contributed by atoms with Gasteiger partial charge in [-0.1, -0.05) is 19.1 Å². The van der Waals surface area contributed by atoms with Crippen molar-refractivity contribution < 1.29 is 13.9 Å². The van der Waals surface area contributed by atoms with Crippen molar-refractivity contribution in [3.8, 4) is 5.75 Å². The highest BCUT2D eigenvalue weighted by molar-refractivity contribution is 5.81. The van der Waals surface area contributed by atoms with Gasteiger partial charge < -0.3 is 15.0 Å². The lowest BCUT2D eigenvalue weighted by Crippen LogP contribution is -2.37. The van der Waals surface area contributed by atoms with Crippen molar-refractivity contribution in [2.45, 2.75) is 32.9 Å². The fraction of sp³-hybridized carbons (Fsp3) is 0.350. The Kier molecular flexibility index (Phi) is 6.39. The number of nitrogens with one attached hydrogen (secondary N) is 1. The molecule has 0 aliphatic carbocycles. The first-order valence-corrected chi connectivity index (χ1v) is 8.37. The molecule has 0 aliphatic rings. The monoisotopic (exact) mass is 344 g/mol. The Hall–Kier alpha value is -2.56. The minimum atomic E-state index is -0.610. The number of anilines is 1.